The van der Waals surface area contributed by atoms with E-state index in [4.69, 9.17) is 4.74 Å². The standard InChI is InChI=1S/C34H51N3O4S/c1-22(2)15-18-26(6)37(32(39)29(19-20-42-10)36-33(40)41-34(7,8)9)30(27-21-23(3)16-17-24(27)4)31(38)35-28-14-12-11-13-25(28)5/h11-14,16-17,21-22,26,29-30H,15,18-20H2,1-10H3,(H,35,38)(H,36,40). The van der Waals surface area contributed by atoms with E-state index in [1.165, 1.54) is 0 Å². The molecular formula is C34H51N3O4S. The van der Waals surface area contributed by atoms with Gasteiger partial charge in [0.2, 0.25) is 5.91 Å². The molecule has 0 radical (unpaired) electrons. The molecule has 0 saturated carbocycles. The average Bonchev–Trinajstić information content (AvgIpc) is 2.89. The van der Waals surface area contributed by atoms with Crippen LogP contribution in [0, 0.1) is 26.7 Å². The molecule has 2 aromatic carbocycles. The zero-order valence-corrected chi connectivity index (χ0v) is 28.0. The molecular weight excluding hydrogens is 546 g/mol. The maximum Gasteiger partial charge on any atom is 0.408 e. The summed E-state index contributed by atoms with van der Waals surface area (Å²) in [6.07, 6.45) is 3.32. The van der Waals surface area contributed by atoms with Crippen LogP contribution in [0.3, 0.4) is 0 Å². The molecule has 7 nitrogen and oxygen atoms in total. The van der Waals surface area contributed by atoms with E-state index in [0.717, 1.165) is 28.7 Å². The number of benzene rings is 2. The lowest BCUT2D eigenvalue weighted by Crippen LogP contribution is -2.55. The molecule has 0 aromatic heterocycles. The van der Waals surface area contributed by atoms with E-state index < -0.39 is 23.8 Å². The number of hydrogen-bond donors (Lipinski definition) is 2. The van der Waals surface area contributed by atoms with Crippen molar-refractivity contribution >= 4 is 35.4 Å². The van der Waals surface area contributed by atoms with Crippen molar-refractivity contribution in [1.82, 2.24) is 10.2 Å². The summed E-state index contributed by atoms with van der Waals surface area (Å²) >= 11 is 1.60. The van der Waals surface area contributed by atoms with Crippen molar-refractivity contribution in [3.63, 3.8) is 0 Å². The Balaban J connectivity index is 2.68. The highest BCUT2D eigenvalue weighted by molar-refractivity contribution is 7.98. The molecule has 8 heteroatoms. The maximum atomic E-state index is 14.6. The van der Waals surface area contributed by atoms with Crippen LogP contribution in [0.25, 0.3) is 0 Å². The molecule has 2 aromatic rings. The Morgan fingerprint density at radius 3 is 2.19 bits per heavy atom. The number of thioether (sulfide) groups is 1. The fourth-order valence-electron chi connectivity index (χ4n) is 4.82. The largest absolute Gasteiger partial charge is 0.444 e. The monoisotopic (exact) mass is 597 g/mol. The Hall–Kier alpha value is -3.00. The van der Waals surface area contributed by atoms with Crippen molar-refractivity contribution in [1.29, 1.82) is 0 Å². The number of carbonyl (C=O) groups is 3. The first-order valence-electron chi connectivity index (χ1n) is 14.9. The van der Waals surface area contributed by atoms with Crippen molar-refractivity contribution in [3.8, 4) is 0 Å². The molecule has 2 rings (SSSR count). The van der Waals surface area contributed by atoms with Gasteiger partial charge in [0.15, 0.2) is 0 Å². The molecule has 3 atom stereocenters. The molecule has 0 heterocycles. The van der Waals surface area contributed by atoms with Crippen molar-refractivity contribution < 1.29 is 19.1 Å². The van der Waals surface area contributed by atoms with Gasteiger partial charge < -0.3 is 20.3 Å². The second kappa shape index (κ2) is 16.0. The lowest BCUT2D eigenvalue weighted by molar-refractivity contribution is -0.143. The van der Waals surface area contributed by atoms with E-state index >= 15 is 0 Å². The van der Waals surface area contributed by atoms with Crippen LogP contribution >= 0.6 is 11.8 Å². The maximum absolute atomic E-state index is 14.6. The summed E-state index contributed by atoms with van der Waals surface area (Å²) in [5.74, 6) is 0.501. The van der Waals surface area contributed by atoms with Gasteiger partial charge in [0.1, 0.15) is 17.7 Å². The highest BCUT2D eigenvalue weighted by atomic mass is 32.2. The van der Waals surface area contributed by atoms with Crippen LogP contribution < -0.4 is 10.6 Å². The van der Waals surface area contributed by atoms with Crippen molar-refractivity contribution in [3.05, 3.63) is 64.7 Å². The Morgan fingerprint density at radius 1 is 0.929 bits per heavy atom. The second-order valence-electron chi connectivity index (χ2n) is 12.6. The van der Waals surface area contributed by atoms with Crippen LogP contribution in [0.4, 0.5) is 10.5 Å². The van der Waals surface area contributed by atoms with Crippen LogP contribution in [0.15, 0.2) is 42.5 Å². The van der Waals surface area contributed by atoms with Gasteiger partial charge in [-0.2, -0.15) is 11.8 Å². The van der Waals surface area contributed by atoms with Gasteiger partial charge >= 0.3 is 6.09 Å². The summed E-state index contributed by atoms with van der Waals surface area (Å²) in [5.41, 5.74) is 3.60. The molecule has 0 saturated heterocycles. The quantitative estimate of drug-likeness (QED) is 0.248. The highest BCUT2D eigenvalue weighted by Gasteiger charge is 2.39. The molecule has 3 amide bonds. The molecule has 2 N–H and O–H groups in total. The molecule has 0 fully saturated rings. The number of amides is 3. The number of carbonyl (C=O) groups excluding carboxylic acids is 3. The Bertz CT molecular complexity index is 1210. The minimum atomic E-state index is -0.906. The third-order valence-corrected chi connectivity index (χ3v) is 7.79. The van der Waals surface area contributed by atoms with E-state index in [2.05, 4.69) is 24.5 Å². The number of aryl methyl sites for hydroxylation is 3. The zero-order chi connectivity index (χ0) is 31.6. The summed E-state index contributed by atoms with van der Waals surface area (Å²) < 4.78 is 5.53. The second-order valence-corrected chi connectivity index (χ2v) is 13.6. The first-order valence-corrected chi connectivity index (χ1v) is 16.3. The zero-order valence-electron chi connectivity index (χ0n) is 27.2. The van der Waals surface area contributed by atoms with Crippen LogP contribution in [0.5, 0.6) is 0 Å². The molecule has 0 bridgehead atoms. The SMILES string of the molecule is CSCCC(NC(=O)OC(C)(C)C)C(=O)N(C(C)CCC(C)C)C(C(=O)Nc1ccccc1C)c1cc(C)ccc1C. The van der Waals surface area contributed by atoms with Gasteiger partial charge in [0, 0.05) is 11.7 Å². The number of para-hydroxylation sites is 1. The number of nitrogens with zero attached hydrogens (tertiary/aromatic N) is 1. The van der Waals surface area contributed by atoms with Gasteiger partial charge in [0.05, 0.1) is 0 Å². The van der Waals surface area contributed by atoms with E-state index in [1.807, 2.05) is 76.4 Å². The summed E-state index contributed by atoms with van der Waals surface area (Å²) in [5, 5.41) is 5.96. The third kappa shape index (κ3) is 10.7. The normalized spacial score (nSPS) is 13.7. The predicted molar refractivity (Wildman–Crippen MR) is 175 cm³/mol. The first kappa shape index (κ1) is 35.2. The van der Waals surface area contributed by atoms with Crippen molar-refractivity contribution in [2.45, 2.75) is 105 Å². The van der Waals surface area contributed by atoms with Crippen LogP contribution in [-0.2, 0) is 14.3 Å². The smallest absolute Gasteiger partial charge is 0.408 e. The molecule has 3 unspecified atom stereocenters. The molecule has 232 valence electrons. The Kier molecular flexibility index (Phi) is 13.4. The summed E-state index contributed by atoms with van der Waals surface area (Å²) in [6, 6.07) is 11.6. The molecule has 0 aliphatic carbocycles. The Labute approximate surface area is 257 Å². The van der Waals surface area contributed by atoms with Crippen molar-refractivity contribution in [2.75, 3.05) is 17.3 Å². The lowest BCUT2D eigenvalue weighted by Gasteiger charge is -2.39. The fraction of sp³-hybridized carbons (Fsp3) is 0.559. The van der Waals surface area contributed by atoms with Crippen molar-refractivity contribution in [2.24, 2.45) is 5.92 Å². The average molecular weight is 598 g/mol. The number of ether oxygens (including phenoxy) is 1. The topological polar surface area (TPSA) is 87.7 Å². The fourth-order valence-corrected chi connectivity index (χ4v) is 5.29. The van der Waals surface area contributed by atoms with E-state index in [1.54, 1.807) is 37.4 Å². The highest BCUT2D eigenvalue weighted by Crippen LogP contribution is 2.32. The molecule has 0 spiro atoms. The van der Waals surface area contributed by atoms with Gasteiger partial charge in [-0.3, -0.25) is 9.59 Å². The van der Waals surface area contributed by atoms with Gasteiger partial charge in [-0.15, -0.1) is 0 Å². The minimum absolute atomic E-state index is 0.273. The number of rotatable bonds is 13. The number of anilines is 1. The molecule has 0 aliphatic rings. The van der Waals surface area contributed by atoms with Gasteiger partial charge in [-0.05, 0) is 108 Å². The summed E-state index contributed by atoms with van der Waals surface area (Å²) in [7, 11) is 0. The minimum Gasteiger partial charge on any atom is -0.444 e. The van der Waals surface area contributed by atoms with E-state index in [-0.39, 0.29) is 17.9 Å². The summed E-state index contributed by atoms with van der Waals surface area (Å²) in [4.78, 5) is 43.6. The first-order chi connectivity index (χ1) is 19.6. The van der Waals surface area contributed by atoms with E-state index in [0.29, 0.717) is 30.2 Å². The number of alkyl carbamates (subject to hydrolysis) is 1. The number of nitrogens with one attached hydrogen (secondary N) is 2. The van der Waals surface area contributed by atoms with Crippen LogP contribution in [0.1, 0.15) is 89.1 Å². The third-order valence-electron chi connectivity index (χ3n) is 7.15. The summed E-state index contributed by atoms with van der Waals surface area (Å²) in [6.45, 7) is 17.6. The van der Waals surface area contributed by atoms with Crippen LogP contribution in [0.2, 0.25) is 0 Å². The van der Waals surface area contributed by atoms with Gasteiger partial charge in [-0.25, -0.2) is 4.79 Å². The van der Waals surface area contributed by atoms with Gasteiger partial charge in [0.25, 0.3) is 5.91 Å². The van der Waals surface area contributed by atoms with E-state index in [9.17, 15) is 14.4 Å². The Morgan fingerprint density at radius 2 is 1.60 bits per heavy atom. The number of hydrogen-bond acceptors (Lipinski definition) is 5. The molecule has 0 aliphatic heterocycles. The van der Waals surface area contributed by atoms with Crippen LogP contribution in [-0.4, -0.2) is 52.5 Å². The lowest BCUT2D eigenvalue weighted by atomic mass is 9.93. The van der Waals surface area contributed by atoms with Gasteiger partial charge in [-0.1, -0.05) is 55.8 Å². The molecule has 42 heavy (non-hydrogen) atoms. The predicted octanol–water partition coefficient (Wildman–Crippen LogP) is 7.59.